The smallest absolute Gasteiger partial charge is 0.0587 e. The Bertz CT molecular complexity index is 290. The van der Waals surface area contributed by atoms with E-state index in [0.29, 0.717) is 5.92 Å². The Morgan fingerprint density at radius 1 is 1.06 bits per heavy atom. The summed E-state index contributed by atoms with van der Waals surface area (Å²) in [5, 5.41) is 3.45. The maximum absolute atomic E-state index is 5.13. The summed E-state index contributed by atoms with van der Waals surface area (Å²) >= 11 is 0. The number of hydrogen-bond acceptors (Lipinski definition) is 3. The lowest BCUT2D eigenvalue weighted by Gasteiger charge is -2.18. The normalized spacial score (nSPS) is 12.6. The molecule has 0 aliphatic heterocycles. The average Bonchev–Trinajstić information content (AvgIpc) is 2.42. The summed E-state index contributed by atoms with van der Waals surface area (Å²) < 4.78 is 10.2. The Kier molecular flexibility index (Phi) is 8.47. The highest BCUT2D eigenvalue weighted by Gasteiger charge is 2.10. The van der Waals surface area contributed by atoms with Crippen LogP contribution in [0.4, 0.5) is 0 Å². The average molecular weight is 251 g/mol. The van der Waals surface area contributed by atoms with Crippen molar-refractivity contribution < 1.29 is 9.47 Å². The van der Waals surface area contributed by atoms with E-state index in [4.69, 9.17) is 9.47 Å². The van der Waals surface area contributed by atoms with E-state index >= 15 is 0 Å². The minimum absolute atomic E-state index is 0.554. The summed E-state index contributed by atoms with van der Waals surface area (Å²) in [5.41, 5.74) is 1.40. The van der Waals surface area contributed by atoms with E-state index in [2.05, 4.69) is 35.6 Å². The second kappa shape index (κ2) is 10.1. The van der Waals surface area contributed by atoms with Crippen molar-refractivity contribution in [2.45, 2.75) is 18.8 Å². The zero-order valence-electron chi connectivity index (χ0n) is 11.5. The topological polar surface area (TPSA) is 30.5 Å². The SMILES string of the molecule is COCCCC(CNCCOC)c1ccccc1. The van der Waals surface area contributed by atoms with Crippen molar-refractivity contribution in [1.29, 1.82) is 0 Å². The molecule has 0 spiro atoms. The fraction of sp³-hybridized carbons (Fsp3) is 0.600. The summed E-state index contributed by atoms with van der Waals surface area (Å²) in [6.45, 7) is 3.50. The fourth-order valence-corrected chi connectivity index (χ4v) is 2.04. The minimum atomic E-state index is 0.554. The summed E-state index contributed by atoms with van der Waals surface area (Å²) in [6, 6.07) is 10.7. The molecule has 18 heavy (non-hydrogen) atoms. The molecule has 0 amide bonds. The molecule has 0 aromatic heterocycles. The van der Waals surface area contributed by atoms with E-state index in [0.717, 1.165) is 39.1 Å². The predicted molar refractivity (Wildman–Crippen MR) is 75.0 cm³/mol. The lowest BCUT2D eigenvalue weighted by atomic mass is 9.94. The first-order valence-corrected chi connectivity index (χ1v) is 6.62. The van der Waals surface area contributed by atoms with E-state index in [-0.39, 0.29) is 0 Å². The quantitative estimate of drug-likeness (QED) is 0.648. The van der Waals surface area contributed by atoms with E-state index in [1.165, 1.54) is 5.56 Å². The van der Waals surface area contributed by atoms with Gasteiger partial charge in [-0.15, -0.1) is 0 Å². The van der Waals surface area contributed by atoms with Gasteiger partial charge in [0.15, 0.2) is 0 Å². The molecule has 0 bridgehead atoms. The lowest BCUT2D eigenvalue weighted by molar-refractivity contribution is 0.188. The molecule has 0 saturated carbocycles. The van der Waals surface area contributed by atoms with Gasteiger partial charge in [-0.25, -0.2) is 0 Å². The molecule has 1 N–H and O–H groups in total. The van der Waals surface area contributed by atoms with Crippen LogP contribution in [-0.2, 0) is 9.47 Å². The van der Waals surface area contributed by atoms with Gasteiger partial charge < -0.3 is 14.8 Å². The Morgan fingerprint density at radius 3 is 2.44 bits per heavy atom. The monoisotopic (exact) mass is 251 g/mol. The highest BCUT2D eigenvalue weighted by molar-refractivity contribution is 5.19. The molecule has 1 aromatic rings. The van der Waals surface area contributed by atoms with Crippen molar-refractivity contribution in [3.63, 3.8) is 0 Å². The summed E-state index contributed by atoms with van der Waals surface area (Å²) in [7, 11) is 3.49. The van der Waals surface area contributed by atoms with Gasteiger partial charge in [-0.2, -0.15) is 0 Å². The number of methoxy groups -OCH3 is 2. The minimum Gasteiger partial charge on any atom is -0.385 e. The standard InChI is InChI=1S/C15H25NO2/c1-17-11-6-9-15(13-16-10-12-18-2)14-7-4-3-5-8-14/h3-5,7-8,15-16H,6,9-13H2,1-2H3. The van der Waals surface area contributed by atoms with Gasteiger partial charge in [-0.1, -0.05) is 30.3 Å². The summed E-state index contributed by atoms with van der Waals surface area (Å²) in [5.74, 6) is 0.554. The van der Waals surface area contributed by atoms with Crippen LogP contribution in [0.15, 0.2) is 30.3 Å². The van der Waals surface area contributed by atoms with Crippen LogP contribution < -0.4 is 5.32 Å². The maximum Gasteiger partial charge on any atom is 0.0587 e. The van der Waals surface area contributed by atoms with E-state index < -0.39 is 0 Å². The molecule has 0 saturated heterocycles. The van der Waals surface area contributed by atoms with Crippen LogP contribution in [0.5, 0.6) is 0 Å². The van der Waals surface area contributed by atoms with Crippen LogP contribution in [0.2, 0.25) is 0 Å². The Morgan fingerprint density at radius 2 is 1.78 bits per heavy atom. The molecule has 0 fully saturated rings. The summed E-state index contributed by atoms with van der Waals surface area (Å²) in [4.78, 5) is 0. The molecular formula is C15H25NO2. The second-order valence-corrected chi connectivity index (χ2v) is 4.44. The van der Waals surface area contributed by atoms with Crippen LogP contribution in [0.25, 0.3) is 0 Å². The third kappa shape index (κ3) is 6.15. The van der Waals surface area contributed by atoms with Gasteiger partial charge in [0.05, 0.1) is 6.61 Å². The van der Waals surface area contributed by atoms with Crippen LogP contribution in [0.1, 0.15) is 24.3 Å². The highest BCUT2D eigenvalue weighted by Crippen LogP contribution is 2.20. The van der Waals surface area contributed by atoms with Crippen molar-refractivity contribution >= 4 is 0 Å². The first-order valence-electron chi connectivity index (χ1n) is 6.62. The van der Waals surface area contributed by atoms with Crippen molar-refractivity contribution in [3.05, 3.63) is 35.9 Å². The Hall–Kier alpha value is -0.900. The van der Waals surface area contributed by atoms with Gasteiger partial charge in [0.1, 0.15) is 0 Å². The molecule has 0 aliphatic rings. The van der Waals surface area contributed by atoms with Crippen LogP contribution >= 0.6 is 0 Å². The zero-order chi connectivity index (χ0) is 13.1. The molecule has 102 valence electrons. The Labute approximate surface area is 110 Å². The van der Waals surface area contributed by atoms with Crippen molar-refractivity contribution in [3.8, 4) is 0 Å². The lowest BCUT2D eigenvalue weighted by Crippen LogP contribution is -2.25. The third-order valence-electron chi connectivity index (χ3n) is 3.05. The first-order chi connectivity index (χ1) is 8.88. The van der Waals surface area contributed by atoms with Crippen molar-refractivity contribution in [1.82, 2.24) is 5.32 Å². The molecule has 0 aliphatic carbocycles. The van der Waals surface area contributed by atoms with E-state index in [1.54, 1.807) is 14.2 Å². The molecule has 1 atom stereocenters. The summed E-state index contributed by atoms with van der Waals surface area (Å²) in [6.07, 6.45) is 2.25. The predicted octanol–water partition coefficient (Wildman–Crippen LogP) is 2.43. The largest absolute Gasteiger partial charge is 0.385 e. The van der Waals surface area contributed by atoms with E-state index in [1.807, 2.05) is 0 Å². The number of hydrogen-bond donors (Lipinski definition) is 1. The van der Waals surface area contributed by atoms with Crippen LogP contribution in [-0.4, -0.2) is 40.5 Å². The van der Waals surface area contributed by atoms with Gasteiger partial charge >= 0.3 is 0 Å². The fourth-order valence-electron chi connectivity index (χ4n) is 2.04. The molecule has 1 rings (SSSR count). The van der Waals surface area contributed by atoms with Crippen LogP contribution in [0, 0.1) is 0 Å². The maximum atomic E-state index is 5.13. The number of ether oxygens (including phenoxy) is 2. The number of benzene rings is 1. The molecule has 3 nitrogen and oxygen atoms in total. The molecule has 0 heterocycles. The third-order valence-corrected chi connectivity index (χ3v) is 3.05. The van der Waals surface area contributed by atoms with Gasteiger partial charge in [0, 0.05) is 33.9 Å². The molecule has 1 aromatic carbocycles. The Balaban J connectivity index is 2.42. The zero-order valence-corrected chi connectivity index (χ0v) is 11.5. The highest BCUT2D eigenvalue weighted by atomic mass is 16.5. The van der Waals surface area contributed by atoms with Crippen LogP contribution in [0.3, 0.4) is 0 Å². The number of rotatable bonds is 10. The van der Waals surface area contributed by atoms with E-state index in [9.17, 15) is 0 Å². The van der Waals surface area contributed by atoms with Crippen molar-refractivity contribution in [2.75, 3.05) is 40.5 Å². The second-order valence-electron chi connectivity index (χ2n) is 4.44. The molecule has 0 radical (unpaired) electrons. The van der Waals surface area contributed by atoms with Gasteiger partial charge in [0.2, 0.25) is 0 Å². The molecular weight excluding hydrogens is 226 g/mol. The first kappa shape index (κ1) is 15.2. The van der Waals surface area contributed by atoms with Gasteiger partial charge in [0.25, 0.3) is 0 Å². The molecule has 1 unspecified atom stereocenters. The molecule has 3 heteroatoms. The van der Waals surface area contributed by atoms with Gasteiger partial charge in [-0.05, 0) is 24.3 Å². The van der Waals surface area contributed by atoms with Crippen molar-refractivity contribution in [2.24, 2.45) is 0 Å². The van der Waals surface area contributed by atoms with Gasteiger partial charge in [-0.3, -0.25) is 0 Å². The number of nitrogens with one attached hydrogen (secondary N) is 1.